The molecule has 0 unspecified atom stereocenters. The van der Waals surface area contributed by atoms with Crippen LogP contribution in [0.15, 0.2) is 60.9 Å². The van der Waals surface area contributed by atoms with Gasteiger partial charge in [-0.3, -0.25) is 15.1 Å². The molecular formula is C24H13F3N4O3S. The lowest BCUT2D eigenvalue weighted by Crippen LogP contribution is -2.21. The van der Waals surface area contributed by atoms with Crippen LogP contribution in [0, 0.1) is 17.5 Å². The first-order valence-corrected chi connectivity index (χ1v) is 10.9. The Labute approximate surface area is 199 Å². The number of esters is 1. The number of benzene rings is 2. The van der Waals surface area contributed by atoms with Gasteiger partial charge in [0.05, 0.1) is 21.5 Å². The molecule has 0 atom stereocenters. The topological polar surface area (TPSA) is 94.1 Å². The third-order valence-electron chi connectivity index (χ3n) is 5.01. The molecule has 3 aromatic heterocycles. The Hall–Kier alpha value is -4.38. The van der Waals surface area contributed by atoms with E-state index in [4.69, 9.17) is 4.74 Å². The maximum absolute atomic E-state index is 13.9. The lowest BCUT2D eigenvalue weighted by Gasteiger charge is -2.10. The van der Waals surface area contributed by atoms with Gasteiger partial charge in [0.1, 0.15) is 5.52 Å². The van der Waals surface area contributed by atoms with Crippen molar-refractivity contribution in [3.63, 3.8) is 0 Å². The lowest BCUT2D eigenvalue weighted by atomic mass is 10.0. The van der Waals surface area contributed by atoms with Gasteiger partial charge in [-0.2, -0.15) is 0 Å². The fraction of sp³-hybridized carbons (Fsp3) is 0.0417. The van der Waals surface area contributed by atoms with Crippen LogP contribution in [0.25, 0.3) is 32.4 Å². The van der Waals surface area contributed by atoms with Gasteiger partial charge in [-0.1, -0.05) is 29.5 Å². The summed E-state index contributed by atoms with van der Waals surface area (Å²) >= 11 is 0.751. The molecule has 0 spiro atoms. The van der Waals surface area contributed by atoms with Crippen LogP contribution in [0.5, 0.6) is 0 Å². The molecule has 3 heterocycles. The number of anilines is 1. The average molecular weight is 494 g/mol. The molecule has 0 aliphatic heterocycles. The summed E-state index contributed by atoms with van der Waals surface area (Å²) < 4.78 is 45.9. The zero-order valence-corrected chi connectivity index (χ0v) is 18.4. The van der Waals surface area contributed by atoms with E-state index in [0.717, 1.165) is 23.0 Å². The van der Waals surface area contributed by atoms with Crippen molar-refractivity contribution in [2.24, 2.45) is 0 Å². The van der Waals surface area contributed by atoms with Crippen molar-refractivity contribution < 1.29 is 27.5 Å². The Kier molecular flexibility index (Phi) is 5.83. The largest absolute Gasteiger partial charge is 0.452 e. The number of hydrogen-bond donors (Lipinski definition) is 1. The fourth-order valence-electron chi connectivity index (χ4n) is 3.41. The van der Waals surface area contributed by atoms with E-state index in [1.54, 1.807) is 54.9 Å². The molecule has 2 aromatic carbocycles. The van der Waals surface area contributed by atoms with Crippen LogP contribution in [0.3, 0.4) is 0 Å². The van der Waals surface area contributed by atoms with Crippen molar-refractivity contribution in [2.75, 3.05) is 11.9 Å². The summed E-state index contributed by atoms with van der Waals surface area (Å²) in [4.78, 5) is 37.5. The number of carbonyl (C=O) groups excluding carboxylic acids is 2. The minimum atomic E-state index is -1.65. The van der Waals surface area contributed by atoms with E-state index in [2.05, 4.69) is 20.3 Å². The van der Waals surface area contributed by atoms with Crippen molar-refractivity contribution in [1.82, 2.24) is 15.0 Å². The highest BCUT2D eigenvalue weighted by Crippen LogP contribution is 2.30. The molecule has 0 bridgehead atoms. The number of pyridine rings is 2. The number of hydrogen-bond acceptors (Lipinski definition) is 7. The number of nitrogens with zero attached hydrogens (tertiary/aromatic N) is 3. The molecule has 1 amide bonds. The van der Waals surface area contributed by atoms with Gasteiger partial charge < -0.3 is 4.74 Å². The molecule has 0 radical (unpaired) electrons. The molecule has 35 heavy (non-hydrogen) atoms. The zero-order chi connectivity index (χ0) is 24.5. The second kappa shape index (κ2) is 9.11. The zero-order valence-electron chi connectivity index (χ0n) is 17.6. The summed E-state index contributed by atoms with van der Waals surface area (Å²) in [6, 6.07) is 12.8. The third-order valence-corrected chi connectivity index (χ3v) is 5.93. The molecule has 0 aliphatic carbocycles. The van der Waals surface area contributed by atoms with Crippen LogP contribution in [0.4, 0.5) is 18.3 Å². The monoisotopic (exact) mass is 494 g/mol. The van der Waals surface area contributed by atoms with E-state index >= 15 is 0 Å². The average Bonchev–Trinajstić information content (AvgIpc) is 3.27. The van der Waals surface area contributed by atoms with E-state index in [-0.39, 0.29) is 15.4 Å². The van der Waals surface area contributed by atoms with E-state index in [1.807, 2.05) is 0 Å². The van der Waals surface area contributed by atoms with Crippen molar-refractivity contribution in [3.05, 3.63) is 83.9 Å². The standard InChI is InChI=1S/C24H13F3N4O3S/c25-15-10-18-22(21(27)20(15)26)31-24(35-18)30-19(32)11-34-23(33)14-9-17(12-5-7-28-8-6-12)29-16-4-2-1-3-13(14)16/h1-10H,11H2,(H,30,31,32). The Balaban J connectivity index is 1.35. The van der Waals surface area contributed by atoms with Crippen LogP contribution >= 0.6 is 11.3 Å². The highest BCUT2D eigenvalue weighted by atomic mass is 32.1. The normalized spacial score (nSPS) is 11.1. The van der Waals surface area contributed by atoms with E-state index in [1.165, 1.54) is 0 Å². The Morgan fingerprint density at radius 3 is 2.54 bits per heavy atom. The molecule has 0 fully saturated rings. The van der Waals surface area contributed by atoms with E-state index in [0.29, 0.717) is 16.6 Å². The van der Waals surface area contributed by atoms with E-state index < -0.39 is 41.5 Å². The number of para-hydroxylation sites is 1. The van der Waals surface area contributed by atoms with Crippen LogP contribution < -0.4 is 5.32 Å². The minimum Gasteiger partial charge on any atom is -0.452 e. The quantitative estimate of drug-likeness (QED) is 0.269. The number of halogens is 3. The molecule has 0 aliphatic rings. The molecule has 7 nitrogen and oxygen atoms in total. The summed E-state index contributed by atoms with van der Waals surface area (Å²) in [7, 11) is 0. The minimum absolute atomic E-state index is 0.0144. The SMILES string of the molecule is O=C(COC(=O)c1cc(-c2ccncc2)nc2ccccc12)Nc1nc2c(F)c(F)c(F)cc2s1. The number of fused-ring (bicyclic) bond motifs is 2. The number of nitrogens with one attached hydrogen (secondary N) is 1. The smallest absolute Gasteiger partial charge is 0.339 e. The fourth-order valence-corrected chi connectivity index (χ4v) is 4.31. The number of amides is 1. The molecule has 11 heteroatoms. The lowest BCUT2D eigenvalue weighted by molar-refractivity contribution is -0.119. The van der Waals surface area contributed by atoms with Gasteiger partial charge in [0, 0.05) is 23.3 Å². The first-order chi connectivity index (χ1) is 16.9. The molecule has 5 aromatic rings. The number of rotatable bonds is 5. The number of thiazole rings is 1. The Morgan fingerprint density at radius 1 is 0.971 bits per heavy atom. The van der Waals surface area contributed by atoms with Gasteiger partial charge in [-0.15, -0.1) is 0 Å². The summed E-state index contributed by atoms with van der Waals surface area (Å²) in [5.74, 6) is -5.97. The molecule has 1 N–H and O–H groups in total. The Bertz CT molecular complexity index is 1610. The second-order valence-electron chi connectivity index (χ2n) is 7.28. The summed E-state index contributed by atoms with van der Waals surface area (Å²) in [5.41, 5.74) is 1.64. The van der Waals surface area contributed by atoms with Gasteiger partial charge in [0.15, 0.2) is 29.2 Å². The summed E-state index contributed by atoms with van der Waals surface area (Å²) in [5, 5.41) is 2.78. The van der Waals surface area contributed by atoms with Gasteiger partial charge in [-0.25, -0.2) is 27.9 Å². The van der Waals surface area contributed by atoms with Crippen molar-refractivity contribution in [3.8, 4) is 11.3 Å². The van der Waals surface area contributed by atoms with Gasteiger partial charge in [0.25, 0.3) is 5.91 Å². The Morgan fingerprint density at radius 2 is 1.74 bits per heavy atom. The third kappa shape index (κ3) is 4.41. The van der Waals surface area contributed by atoms with Crippen molar-refractivity contribution in [1.29, 1.82) is 0 Å². The highest BCUT2D eigenvalue weighted by Gasteiger charge is 2.20. The maximum atomic E-state index is 13.9. The molecule has 174 valence electrons. The summed E-state index contributed by atoms with van der Waals surface area (Å²) in [6.45, 7) is -0.665. The number of ether oxygens (including phenoxy) is 1. The molecular weight excluding hydrogens is 481 g/mol. The second-order valence-corrected chi connectivity index (χ2v) is 8.32. The molecule has 5 rings (SSSR count). The highest BCUT2D eigenvalue weighted by molar-refractivity contribution is 7.22. The number of aromatic nitrogens is 3. The predicted octanol–water partition coefficient (Wildman–Crippen LogP) is 5.12. The van der Waals surface area contributed by atoms with Crippen LogP contribution in [0.1, 0.15) is 10.4 Å². The van der Waals surface area contributed by atoms with Gasteiger partial charge in [0.2, 0.25) is 0 Å². The molecule has 0 saturated heterocycles. The summed E-state index contributed by atoms with van der Waals surface area (Å²) in [6.07, 6.45) is 3.20. The van der Waals surface area contributed by atoms with Gasteiger partial charge in [-0.05, 0) is 30.3 Å². The first kappa shape index (κ1) is 22.4. The van der Waals surface area contributed by atoms with Crippen LogP contribution in [-0.4, -0.2) is 33.4 Å². The molecule has 0 saturated carbocycles. The maximum Gasteiger partial charge on any atom is 0.339 e. The van der Waals surface area contributed by atoms with Crippen molar-refractivity contribution >= 4 is 49.5 Å². The number of carbonyl (C=O) groups is 2. The van der Waals surface area contributed by atoms with Crippen molar-refractivity contribution in [2.45, 2.75) is 0 Å². The predicted molar refractivity (Wildman–Crippen MR) is 123 cm³/mol. The first-order valence-electron chi connectivity index (χ1n) is 10.1. The van der Waals surface area contributed by atoms with Crippen LogP contribution in [-0.2, 0) is 9.53 Å². The van der Waals surface area contributed by atoms with E-state index in [9.17, 15) is 22.8 Å². The van der Waals surface area contributed by atoms with Gasteiger partial charge >= 0.3 is 5.97 Å². The van der Waals surface area contributed by atoms with Crippen LogP contribution in [0.2, 0.25) is 0 Å².